The van der Waals surface area contributed by atoms with Crippen LogP contribution in [0.4, 0.5) is 4.79 Å². The summed E-state index contributed by atoms with van der Waals surface area (Å²) in [5.41, 5.74) is 2.04. The molecule has 1 aromatic carbocycles. The van der Waals surface area contributed by atoms with Crippen molar-refractivity contribution in [3.63, 3.8) is 0 Å². The molecule has 7 heteroatoms. The van der Waals surface area contributed by atoms with E-state index >= 15 is 0 Å². The highest BCUT2D eigenvalue weighted by Gasteiger charge is 2.12. The minimum absolute atomic E-state index is 0.150. The Labute approximate surface area is 148 Å². The van der Waals surface area contributed by atoms with Gasteiger partial charge in [0, 0.05) is 19.8 Å². The zero-order valence-corrected chi connectivity index (χ0v) is 15.2. The lowest BCUT2D eigenvalue weighted by atomic mass is 10.1. The molecule has 0 saturated carbocycles. The summed E-state index contributed by atoms with van der Waals surface area (Å²) in [4.78, 5) is 12.0. The average molecular weight is 346 g/mol. The number of carbonyl (C=O) groups excluding carboxylic acids is 1. The number of nitrogens with zero attached hydrogens (tertiary/aromatic N) is 2. The van der Waals surface area contributed by atoms with Gasteiger partial charge in [0.15, 0.2) is 11.5 Å². The number of aromatic nitrogens is 2. The van der Waals surface area contributed by atoms with Gasteiger partial charge >= 0.3 is 6.03 Å². The Morgan fingerprint density at radius 3 is 2.80 bits per heavy atom. The smallest absolute Gasteiger partial charge is 0.315 e. The fraction of sp³-hybridized carbons (Fsp3) is 0.444. The number of ether oxygens (including phenoxy) is 2. The normalized spacial score (nSPS) is 11.7. The molecule has 0 radical (unpaired) electrons. The van der Waals surface area contributed by atoms with E-state index < -0.39 is 0 Å². The molecule has 0 fully saturated rings. The van der Waals surface area contributed by atoms with Crippen LogP contribution in [0, 0.1) is 0 Å². The predicted octanol–water partition coefficient (Wildman–Crippen LogP) is 2.43. The fourth-order valence-electron chi connectivity index (χ4n) is 2.48. The zero-order chi connectivity index (χ0) is 18.2. The molecule has 0 aliphatic heterocycles. The highest BCUT2D eigenvalue weighted by Crippen LogP contribution is 2.30. The topological polar surface area (TPSA) is 77.4 Å². The summed E-state index contributed by atoms with van der Waals surface area (Å²) >= 11 is 0. The standard InChI is InChI=1S/C18H26N4O3/c1-5-25-16-7-6-15(10-17(16)24-4)13(2)21-18(23)19-9-8-14-11-20-22(3)12-14/h6-7,10-13H,5,8-9H2,1-4H3,(H2,19,21,23). The molecule has 2 rings (SSSR count). The number of carbonyl (C=O) groups is 1. The molecular weight excluding hydrogens is 320 g/mol. The molecule has 0 spiro atoms. The lowest BCUT2D eigenvalue weighted by Crippen LogP contribution is -2.38. The van der Waals surface area contributed by atoms with Crippen LogP contribution in [0.5, 0.6) is 11.5 Å². The maximum Gasteiger partial charge on any atom is 0.315 e. The van der Waals surface area contributed by atoms with E-state index in [4.69, 9.17) is 9.47 Å². The van der Waals surface area contributed by atoms with E-state index in [9.17, 15) is 4.79 Å². The second kappa shape index (κ2) is 8.96. The summed E-state index contributed by atoms with van der Waals surface area (Å²) < 4.78 is 12.6. The Morgan fingerprint density at radius 2 is 2.16 bits per heavy atom. The molecule has 136 valence electrons. The quantitative estimate of drug-likeness (QED) is 0.770. The number of rotatable bonds is 8. The van der Waals surface area contributed by atoms with Gasteiger partial charge in [-0.15, -0.1) is 0 Å². The lowest BCUT2D eigenvalue weighted by molar-refractivity contribution is 0.238. The molecule has 1 unspecified atom stereocenters. The van der Waals surface area contributed by atoms with E-state index in [0.29, 0.717) is 24.7 Å². The van der Waals surface area contributed by atoms with Gasteiger partial charge in [-0.25, -0.2) is 4.79 Å². The SMILES string of the molecule is CCOc1ccc(C(C)NC(=O)NCCc2cnn(C)c2)cc1OC. The molecule has 25 heavy (non-hydrogen) atoms. The molecule has 2 N–H and O–H groups in total. The van der Waals surface area contributed by atoms with Gasteiger partial charge in [0.1, 0.15) is 0 Å². The summed E-state index contributed by atoms with van der Waals surface area (Å²) in [7, 11) is 3.47. The number of hydrogen-bond acceptors (Lipinski definition) is 4. The van der Waals surface area contributed by atoms with Gasteiger partial charge < -0.3 is 20.1 Å². The van der Waals surface area contributed by atoms with Crippen molar-refractivity contribution in [1.82, 2.24) is 20.4 Å². The van der Waals surface area contributed by atoms with Crippen molar-refractivity contribution in [3.8, 4) is 11.5 Å². The highest BCUT2D eigenvalue weighted by atomic mass is 16.5. The molecule has 0 aliphatic carbocycles. The van der Waals surface area contributed by atoms with Crippen molar-refractivity contribution in [2.24, 2.45) is 7.05 Å². The second-order valence-corrected chi connectivity index (χ2v) is 5.74. The van der Waals surface area contributed by atoms with Gasteiger partial charge in [0.25, 0.3) is 0 Å². The number of hydrogen-bond donors (Lipinski definition) is 2. The van der Waals surface area contributed by atoms with Crippen molar-refractivity contribution in [3.05, 3.63) is 41.7 Å². The van der Waals surface area contributed by atoms with Crippen molar-refractivity contribution in [2.45, 2.75) is 26.3 Å². The van der Waals surface area contributed by atoms with Crippen LogP contribution >= 0.6 is 0 Å². The summed E-state index contributed by atoms with van der Waals surface area (Å²) in [6.07, 6.45) is 4.48. The monoisotopic (exact) mass is 346 g/mol. The van der Waals surface area contributed by atoms with Crippen LogP contribution in [-0.4, -0.2) is 36.1 Å². The van der Waals surface area contributed by atoms with E-state index in [1.54, 1.807) is 18.0 Å². The van der Waals surface area contributed by atoms with E-state index in [1.807, 2.05) is 45.3 Å². The first kappa shape index (κ1) is 18.6. The Hall–Kier alpha value is -2.70. The zero-order valence-electron chi connectivity index (χ0n) is 15.2. The van der Waals surface area contributed by atoms with Crippen molar-refractivity contribution >= 4 is 6.03 Å². The van der Waals surface area contributed by atoms with E-state index in [2.05, 4.69) is 15.7 Å². The van der Waals surface area contributed by atoms with Gasteiger partial charge in [-0.1, -0.05) is 6.07 Å². The number of benzene rings is 1. The maximum atomic E-state index is 12.0. The Balaban J connectivity index is 1.85. The highest BCUT2D eigenvalue weighted by molar-refractivity contribution is 5.74. The number of amides is 2. The molecule has 2 amide bonds. The summed E-state index contributed by atoms with van der Waals surface area (Å²) in [6, 6.07) is 5.31. The largest absolute Gasteiger partial charge is 0.493 e. The Bertz CT molecular complexity index is 699. The molecule has 0 bridgehead atoms. The van der Waals surface area contributed by atoms with Crippen LogP contribution in [-0.2, 0) is 13.5 Å². The van der Waals surface area contributed by atoms with E-state index in [0.717, 1.165) is 17.5 Å². The number of urea groups is 1. The summed E-state index contributed by atoms with van der Waals surface area (Å²) in [5, 5.41) is 9.89. The van der Waals surface area contributed by atoms with Crippen LogP contribution in [0.2, 0.25) is 0 Å². The molecule has 0 saturated heterocycles. The molecular formula is C18H26N4O3. The molecule has 1 heterocycles. The molecule has 1 aromatic heterocycles. The van der Waals surface area contributed by atoms with E-state index in [-0.39, 0.29) is 12.1 Å². The van der Waals surface area contributed by atoms with Gasteiger partial charge in [-0.2, -0.15) is 5.10 Å². The Morgan fingerprint density at radius 1 is 1.36 bits per heavy atom. The van der Waals surface area contributed by atoms with Crippen LogP contribution in [0.15, 0.2) is 30.6 Å². The van der Waals surface area contributed by atoms with Gasteiger partial charge in [-0.3, -0.25) is 4.68 Å². The van der Waals surface area contributed by atoms with Crippen molar-refractivity contribution in [2.75, 3.05) is 20.3 Å². The fourth-order valence-corrected chi connectivity index (χ4v) is 2.48. The first-order valence-electron chi connectivity index (χ1n) is 8.36. The third-order valence-corrected chi connectivity index (χ3v) is 3.79. The van der Waals surface area contributed by atoms with Crippen molar-refractivity contribution < 1.29 is 14.3 Å². The second-order valence-electron chi connectivity index (χ2n) is 5.74. The minimum atomic E-state index is -0.204. The predicted molar refractivity (Wildman–Crippen MR) is 96.0 cm³/mol. The van der Waals surface area contributed by atoms with Crippen molar-refractivity contribution in [1.29, 1.82) is 0 Å². The minimum Gasteiger partial charge on any atom is -0.493 e. The summed E-state index contributed by atoms with van der Waals surface area (Å²) in [5.74, 6) is 1.35. The Kier molecular flexibility index (Phi) is 6.68. The van der Waals surface area contributed by atoms with Crippen LogP contribution in [0.3, 0.4) is 0 Å². The number of nitrogens with one attached hydrogen (secondary N) is 2. The van der Waals surface area contributed by atoms with Crippen LogP contribution < -0.4 is 20.1 Å². The number of methoxy groups -OCH3 is 1. The molecule has 2 aromatic rings. The number of aryl methyl sites for hydroxylation is 1. The van der Waals surface area contributed by atoms with Gasteiger partial charge in [-0.05, 0) is 43.5 Å². The average Bonchev–Trinajstić information content (AvgIpc) is 3.00. The third kappa shape index (κ3) is 5.41. The molecule has 0 aliphatic rings. The molecule has 7 nitrogen and oxygen atoms in total. The lowest BCUT2D eigenvalue weighted by Gasteiger charge is -2.17. The first-order valence-corrected chi connectivity index (χ1v) is 8.36. The van der Waals surface area contributed by atoms with Gasteiger partial charge in [0.2, 0.25) is 0 Å². The first-order chi connectivity index (χ1) is 12.0. The van der Waals surface area contributed by atoms with Crippen LogP contribution in [0.1, 0.15) is 31.0 Å². The third-order valence-electron chi connectivity index (χ3n) is 3.79. The maximum absolute atomic E-state index is 12.0. The van der Waals surface area contributed by atoms with Gasteiger partial charge in [0.05, 0.1) is 26.0 Å². The molecule has 1 atom stereocenters. The van der Waals surface area contributed by atoms with E-state index in [1.165, 1.54) is 0 Å². The van der Waals surface area contributed by atoms with Crippen LogP contribution in [0.25, 0.3) is 0 Å². The summed E-state index contributed by atoms with van der Waals surface area (Å²) in [6.45, 7) is 4.98.